The van der Waals surface area contributed by atoms with Gasteiger partial charge in [0.15, 0.2) is 11.8 Å². The Labute approximate surface area is 456 Å². The molecule has 0 saturated carbocycles. The van der Waals surface area contributed by atoms with E-state index in [2.05, 4.69) is 265 Å². The number of piperidine rings is 1. The topological polar surface area (TPSA) is 43.9 Å². The summed E-state index contributed by atoms with van der Waals surface area (Å²) >= 11 is 0. The minimum Gasteiger partial charge on any atom is -0.479 e. The average Bonchev–Trinajstić information content (AvgIpc) is 3.77. The van der Waals surface area contributed by atoms with Crippen LogP contribution in [0.25, 0.3) is 0 Å². The molecule has 5 aliphatic rings. The van der Waals surface area contributed by atoms with Crippen molar-refractivity contribution in [3.05, 3.63) is 61.8 Å². The van der Waals surface area contributed by atoms with E-state index in [-0.39, 0.29) is 43.9 Å². The first-order valence-electron chi connectivity index (χ1n) is 28.4. The Hall–Kier alpha value is -2.74. The highest BCUT2D eigenvalue weighted by atomic mass is 16.5. The molecular weight excluding hydrogens is 899 g/mol. The monoisotopic (exact) mass is 1020 g/mol. The standard InChI is InChI=1S/C14H27N.2C13H25NO.C13H25N.C12H23NO/c1-11-9-8-10-12(13(2,3)4)15(11)14(5,6)7;1-10-8-15-9-11(12(2,3)4)14(10)13(5,6)7;1-10-14(13(5,6)7)11(8-9-15-10)12(2,3)4;1-10-8-9-11(12(2,3)4)14(10)13(5,6)7;1-9-13(12(5,6)7)10(8-14-9)11(2,3)4/h12H,1,8-10H2,2-7H3;2*11H,1,8-9H2,2-7H3;11H,1,8-9H2,2-7H3;10H,1,8H2,2-7H3. The first-order chi connectivity index (χ1) is 32.2. The Bertz CT molecular complexity index is 1630. The second kappa shape index (κ2) is 24.3. The fourth-order valence-corrected chi connectivity index (χ4v) is 11.8. The Morgan fingerprint density at radius 3 is 0.945 bits per heavy atom. The molecule has 0 spiro atoms. The number of allylic oxidation sites excluding steroid dienone is 2. The summed E-state index contributed by atoms with van der Waals surface area (Å²) in [5, 5.41) is 0. The van der Waals surface area contributed by atoms with E-state index in [0.717, 1.165) is 43.7 Å². The van der Waals surface area contributed by atoms with Gasteiger partial charge in [0.2, 0.25) is 0 Å². The third-order valence-electron chi connectivity index (χ3n) is 15.0. The smallest absolute Gasteiger partial charge is 0.182 e. The van der Waals surface area contributed by atoms with E-state index in [1.165, 1.54) is 43.5 Å². The predicted octanol–water partition coefficient (Wildman–Crippen LogP) is 17.4. The number of likely N-dealkylation sites (tertiary alicyclic amines) is 2. The second-order valence-corrected chi connectivity index (χ2v) is 32.5. The van der Waals surface area contributed by atoms with Gasteiger partial charge in [0, 0.05) is 69.3 Å². The molecule has 0 radical (unpaired) electrons. The maximum absolute atomic E-state index is 5.61. The van der Waals surface area contributed by atoms with Gasteiger partial charge in [-0.2, -0.15) is 0 Å². The van der Waals surface area contributed by atoms with E-state index in [1.807, 2.05) is 0 Å². The number of rotatable bonds is 0. The largest absolute Gasteiger partial charge is 0.479 e. The van der Waals surface area contributed by atoms with Crippen molar-refractivity contribution < 1.29 is 14.2 Å². The first kappa shape index (κ1) is 68.3. The zero-order valence-corrected chi connectivity index (χ0v) is 54.5. The molecule has 5 unspecified atom stereocenters. The summed E-state index contributed by atoms with van der Waals surface area (Å²) in [5.41, 5.74) is 5.87. The van der Waals surface area contributed by atoms with Crippen LogP contribution in [0.3, 0.4) is 0 Å². The van der Waals surface area contributed by atoms with E-state index in [0.29, 0.717) is 47.6 Å². The molecule has 73 heavy (non-hydrogen) atoms. The van der Waals surface area contributed by atoms with E-state index in [1.54, 1.807) is 0 Å². The van der Waals surface area contributed by atoms with Crippen LogP contribution in [0.4, 0.5) is 0 Å². The van der Waals surface area contributed by atoms with Crippen LogP contribution in [0, 0.1) is 27.1 Å². The number of nitrogens with zero attached hydrogens (tertiary/aromatic N) is 5. The van der Waals surface area contributed by atoms with Gasteiger partial charge in [0.05, 0.1) is 31.9 Å². The normalized spacial score (nSPS) is 24.3. The van der Waals surface area contributed by atoms with Gasteiger partial charge in [0.1, 0.15) is 6.61 Å². The highest BCUT2D eigenvalue weighted by Gasteiger charge is 2.45. The molecule has 5 atom stereocenters. The summed E-state index contributed by atoms with van der Waals surface area (Å²) in [6, 6.07) is 2.64. The van der Waals surface area contributed by atoms with Crippen molar-refractivity contribution in [2.75, 3.05) is 26.4 Å². The number of hydrogen-bond donors (Lipinski definition) is 0. The van der Waals surface area contributed by atoms with Crippen LogP contribution in [0.15, 0.2) is 61.8 Å². The lowest BCUT2D eigenvalue weighted by molar-refractivity contribution is -0.0599. The summed E-state index contributed by atoms with van der Waals surface area (Å²) in [6.45, 7) is 91.7. The van der Waals surface area contributed by atoms with Crippen molar-refractivity contribution >= 4 is 0 Å². The predicted molar refractivity (Wildman–Crippen MR) is 320 cm³/mol. The molecule has 5 saturated heterocycles. The zero-order chi connectivity index (χ0) is 57.9. The van der Waals surface area contributed by atoms with E-state index in [4.69, 9.17) is 14.2 Å². The van der Waals surface area contributed by atoms with Crippen molar-refractivity contribution in [2.24, 2.45) is 27.1 Å². The SMILES string of the molecule is C=C1CCC(C(C)(C)C)N1C(C)(C)C.C=C1CCCC(C(C)(C)C)N1C(C)(C)C.C=C1COCC(C(C)(C)C)N1C(C)(C)C.C=C1OCC(C(C)(C)C)N1C(C)(C)C.C=C1OCCC(C(C)(C)C)N1C(C)(C)C. The minimum atomic E-state index is 0.0788. The summed E-state index contributed by atoms with van der Waals surface area (Å²) in [7, 11) is 0. The van der Waals surface area contributed by atoms with E-state index >= 15 is 0 Å². The maximum atomic E-state index is 5.61. The molecule has 0 N–H and O–H groups in total. The molecule has 5 fully saturated rings. The molecule has 0 bridgehead atoms. The van der Waals surface area contributed by atoms with Gasteiger partial charge in [-0.05, 0) is 176 Å². The molecule has 0 aliphatic carbocycles. The van der Waals surface area contributed by atoms with Crippen LogP contribution in [-0.2, 0) is 14.2 Å². The van der Waals surface area contributed by atoms with Crippen molar-refractivity contribution in [1.29, 1.82) is 0 Å². The van der Waals surface area contributed by atoms with Gasteiger partial charge in [-0.3, -0.25) is 0 Å². The summed E-state index contributed by atoms with van der Waals surface area (Å²) in [4.78, 5) is 12.1. The third kappa shape index (κ3) is 20.0. The number of hydrogen-bond acceptors (Lipinski definition) is 8. The molecule has 0 aromatic carbocycles. The summed E-state index contributed by atoms with van der Waals surface area (Å²) in [5.74, 6) is 1.64. The first-order valence-corrected chi connectivity index (χ1v) is 28.4. The van der Waals surface area contributed by atoms with Crippen LogP contribution in [-0.4, -0.2) is 109 Å². The van der Waals surface area contributed by atoms with Gasteiger partial charge in [-0.25, -0.2) is 0 Å². The van der Waals surface area contributed by atoms with Gasteiger partial charge in [-0.15, -0.1) is 0 Å². The molecular formula is C65H125N5O3. The third-order valence-corrected chi connectivity index (χ3v) is 15.0. The minimum absolute atomic E-state index is 0.0788. The number of morpholine rings is 1. The van der Waals surface area contributed by atoms with E-state index in [9.17, 15) is 0 Å². The van der Waals surface area contributed by atoms with Crippen LogP contribution in [0.2, 0.25) is 0 Å². The highest BCUT2D eigenvalue weighted by molar-refractivity contribution is 5.12. The molecule has 5 rings (SSSR count). The molecule has 5 aliphatic heterocycles. The molecule has 428 valence electrons. The Morgan fingerprint density at radius 2 is 0.630 bits per heavy atom. The van der Waals surface area contributed by atoms with Crippen molar-refractivity contribution in [1.82, 2.24) is 24.5 Å². The molecule has 8 nitrogen and oxygen atoms in total. The lowest BCUT2D eigenvalue weighted by Gasteiger charge is -2.52. The Balaban J connectivity index is 0.000000456. The second-order valence-electron chi connectivity index (χ2n) is 32.5. The van der Waals surface area contributed by atoms with Crippen molar-refractivity contribution in [3.63, 3.8) is 0 Å². The molecule has 0 aromatic heterocycles. The molecule has 8 heteroatoms. The quantitative estimate of drug-likeness (QED) is 0.238. The van der Waals surface area contributed by atoms with Crippen LogP contribution in [0.5, 0.6) is 0 Å². The van der Waals surface area contributed by atoms with Crippen LogP contribution >= 0.6 is 0 Å². The van der Waals surface area contributed by atoms with Crippen LogP contribution < -0.4 is 0 Å². The maximum Gasteiger partial charge on any atom is 0.182 e. The van der Waals surface area contributed by atoms with Gasteiger partial charge in [-0.1, -0.05) is 124 Å². The fourth-order valence-electron chi connectivity index (χ4n) is 11.8. The zero-order valence-electron chi connectivity index (χ0n) is 54.5. The average molecular weight is 1020 g/mol. The summed E-state index contributed by atoms with van der Waals surface area (Å²) < 4.78 is 16.7. The highest BCUT2D eigenvalue weighted by Crippen LogP contribution is 2.43. The van der Waals surface area contributed by atoms with Crippen molar-refractivity contribution in [2.45, 2.75) is 304 Å². The Morgan fingerprint density at radius 1 is 0.329 bits per heavy atom. The lowest BCUT2D eigenvalue weighted by Crippen LogP contribution is -2.57. The van der Waals surface area contributed by atoms with Gasteiger partial charge in [0.25, 0.3) is 0 Å². The van der Waals surface area contributed by atoms with Gasteiger partial charge < -0.3 is 38.7 Å². The van der Waals surface area contributed by atoms with E-state index < -0.39 is 0 Å². The molecule has 0 aromatic rings. The Kier molecular flexibility index (Phi) is 22.7. The molecule has 0 amide bonds. The molecule has 5 heterocycles. The van der Waals surface area contributed by atoms with Crippen LogP contribution in [0.1, 0.15) is 246 Å². The number of ether oxygens (including phenoxy) is 3. The van der Waals surface area contributed by atoms with Gasteiger partial charge >= 0.3 is 0 Å². The fraction of sp³-hybridized carbons (Fsp3) is 0.846. The van der Waals surface area contributed by atoms with Crippen molar-refractivity contribution in [3.8, 4) is 0 Å². The summed E-state index contributed by atoms with van der Waals surface area (Å²) in [6.07, 6.45) is 7.29. The lowest BCUT2D eigenvalue weighted by atomic mass is 9.78.